The molecular weight excluding hydrogens is 763 g/mol. The molecule has 0 N–H and O–H groups in total. The van der Waals surface area contributed by atoms with Crippen LogP contribution in [0, 0.1) is 0 Å². The Labute approximate surface area is 374 Å². The van der Waals surface area contributed by atoms with Gasteiger partial charge >= 0.3 is 0 Å². The first-order valence-electron chi connectivity index (χ1n) is 24.6. The molecule has 0 spiro atoms. The third kappa shape index (κ3) is 5.53. The largest absolute Gasteiger partial charge is 0.309 e. The number of hydrogen-bond acceptors (Lipinski definition) is 0. The number of hydrogen-bond donors (Lipinski definition) is 0. The van der Waals surface area contributed by atoms with Crippen molar-refractivity contribution in [3.05, 3.63) is 236 Å². The molecule has 13 aromatic rings. The molecule has 0 fully saturated rings. The molecule has 3 nitrogen and oxygen atoms in total. The van der Waals surface area contributed by atoms with Crippen LogP contribution in [0.4, 0.5) is 0 Å². The zero-order valence-corrected chi connectivity index (χ0v) is 33.8. The highest BCUT2D eigenvalue weighted by atomic mass is 15.0. The number of benzene rings is 10. The quantitative estimate of drug-likeness (QED) is 0.159. The summed E-state index contributed by atoms with van der Waals surface area (Å²) in [6, 6.07) is 63.5. The highest BCUT2D eigenvalue weighted by molar-refractivity contribution is 6.14. The third-order valence-electron chi connectivity index (χ3n) is 12.5. The lowest BCUT2D eigenvalue weighted by molar-refractivity contribution is 1.17. The Hall–Kier alpha value is -8.40. The number of para-hydroxylation sites is 4. The highest BCUT2D eigenvalue weighted by Crippen LogP contribution is 2.41. The summed E-state index contributed by atoms with van der Waals surface area (Å²) in [5.74, 6) is 0. The summed E-state index contributed by atoms with van der Waals surface area (Å²) in [7, 11) is 0. The van der Waals surface area contributed by atoms with E-state index in [9.17, 15) is 6.85 Å². The smallest absolute Gasteiger partial charge is 0.0645 e. The third-order valence-corrected chi connectivity index (χ3v) is 12.5. The van der Waals surface area contributed by atoms with Gasteiger partial charge in [0.1, 0.15) is 0 Å². The van der Waals surface area contributed by atoms with Crippen LogP contribution in [0.3, 0.4) is 0 Å². The normalized spacial score (nSPS) is 13.4. The maximum atomic E-state index is 10.0. The second kappa shape index (κ2) is 14.1. The van der Waals surface area contributed by atoms with E-state index in [1.807, 2.05) is 115 Å². The van der Waals surface area contributed by atoms with Crippen LogP contribution in [0.25, 0.3) is 116 Å². The monoisotopic (exact) mass is 808 g/mol. The Morgan fingerprint density at radius 1 is 0.286 bits per heavy atom. The van der Waals surface area contributed by atoms with Crippen molar-refractivity contribution in [1.82, 2.24) is 13.7 Å². The van der Waals surface area contributed by atoms with Crippen molar-refractivity contribution < 1.29 is 9.60 Å². The van der Waals surface area contributed by atoms with Crippen molar-refractivity contribution in [2.24, 2.45) is 0 Å². The second-order valence-corrected chi connectivity index (χ2v) is 16.0. The molecule has 3 heteroatoms. The van der Waals surface area contributed by atoms with Crippen molar-refractivity contribution in [3.8, 4) is 50.4 Å². The molecule has 294 valence electrons. The highest BCUT2D eigenvalue weighted by Gasteiger charge is 2.20. The maximum absolute atomic E-state index is 10.0. The van der Waals surface area contributed by atoms with E-state index < -0.39 is 12.1 Å². The van der Waals surface area contributed by atoms with Gasteiger partial charge in [-0.05, 0) is 107 Å². The molecule has 0 atom stereocenters. The number of nitrogens with zero attached hydrogens (tertiary/aromatic N) is 3. The molecule has 13 rings (SSSR count). The van der Waals surface area contributed by atoms with Gasteiger partial charge in [-0.1, -0.05) is 158 Å². The van der Waals surface area contributed by atoms with Crippen LogP contribution < -0.4 is 0 Å². The maximum Gasteiger partial charge on any atom is 0.0645 e. The van der Waals surface area contributed by atoms with Crippen LogP contribution in [-0.4, -0.2) is 13.7 Å². The average molecular weight is 809 g/mol. The van der Waals surface area contributed by atoms with Crippen molar-refractivity contribution in [1.29, 1.82) is 0 Å². The molecule has 0 aliphatic rings. The first-order chi connectivity index (χ1) is 34.2. The SMILES string of the molecule is [2H]c1c([2H])c([2H])c2c(c1[2H])c1c([2H])c(-c3ccc4c(c3)c3ccc(-c5ccccc5)cc3n4-c3ccccc3)c([2H])c([2H])c1n2-c1ccc2c(c1)c1ccccc1n2-c1ccccc1-c1ccccc1. The molecular formula is C60H39N3. The first kappa shape index (κ1) is 29.0. The molecule has 0 aliphatic heterocycles. The molecule has 0 bridgehead atoms. The molecule has 63 heavy (non-hydrogen) atoms. The molecule has 10 aromatic carbocycles. The van der Waals surface area contributed by atoms with Crippen LogP contribution in [-0.2, 0) is 0 Å². The van der Waals surface area contributed by atoms with E-state index in [0.29, 0.717) is 11.3 Å². The fourth-order valence-electron chi connectivity index (χ4n) is 9.65. The number of rotatable bonds is 6. The Balaban J connectivity index is 1.06. The lowest BCUT2D eigenvalue weighted by Gasteiger charge is -2.14. The lowest BCUT2D eigenvalue weighted by Crippen LogP contribution is -1.98. The predicted molar refractivity (Wildman–Crippen MR) is 266 cm³/mol. The van der Waals surface area contributed by atoms with Gasteiger partial charge < -0.3 is 13.7 Å². The second-order valence-electron chi connectivity index (χ2n) is 16.0. The van der Waals surface area contributed by atoms with Gasteiger partial charge in [-0.25, -0.2) is 0 Å². The summed E-state index contributed by atoms with van der Waals surface area (Å²) in [6.45, 7) is 0. The lowest BCUT2D eigenvalue weighted by atomic mass is 9.99. The van der Waals surface area contributed by atoms with Gasteiger partial charge in [0.25, 0.3) is 0 Å². The van der Waals surface area contributed by atoms with Gasteiger partial charge in [-0.2, -0.15) is 0 Å². The van der Waals surface area contributed by atoms with E-state index in [0.717, 1.165) is 77.2 Å². The molecule has 0 saturated carbocycles. The van der Waals surface area contributed by atoms with Crippen LogP contribution >= 0.6 is 0 Å². The van der Waals surface area contributed by atoms with E-state index in [4.69, 9.17) is 2.74 Å². The van der Waals surface area contributed by atoms with Crippen LogP contribution in [0.1, 0.15) is 9.60 Å². The van der Waals surface area contributed by atoms with Crippen molar-refractivity contribution in [3.63, 3.8) is 0 Å². The average Bonchev–Trinajstić information content (AvgIpc) is 4.06. The van der Waals surface area contributed by atoms with Crippen molar-refractivity contribution in [2.75, 3.05) is 0 Å². The van der Waals surface area contributed by atoms with Gasteiger partial charge in [0.2, 0.25) is 0 Å². The Kier molecular flexibility index (Phi) is 6.48. The van der Waals surface area contributed by atoms with Crippen LogP contribution in [0.2, 0.25) is 0 Å². The number of fused-ring (bicyclic) bond motifs is 9. The zero-order chi connectivity index (χ0) is 47.5. The van der Waals surface area contributed by atoms with E-state index in [1.54, 1.807) is 4.57 Å². The fraction of sp³-hybridized carbons (Fsp3) is 0. The Morgan fingerprint density at radius 3 is 1.75 bits per heavy atom. The zero-order valence-electron chi connectivity index (χ0n) is 40.8. The van der Waals surface area contributed by atoms with E-state index in [-0.39, 0.29) is 57.6 Å². The van der Waals surface area contributed by atoms with Crippen molar-refractivity contribution in [2.45, 2.75) is 0 Å². The molecule has 0 amide bonds. The minimum absolute atomic E-state index is 0.0857. The van der Waals surface area contributed by atoms with Gasteiger partial charge in [0.15, 0.2) is 0 Å². The summed E-state index contributed by atoms with van der Waals surface area (Å²) in [5, 5.41) is 4.08. The van der Waals surface area contributed by atoms with Gasteiger partial charge in [0, 0.05) is 49.3 Å². The molecule has 0 saturated heterocycles. The molecule has 0 aliphatic carbocycles. The summed E-state index contributed by atoms with van der Waals surface area (Å²) < 4.78 is 72.3. The van der Waals surface area contributed by atoms with Gasteiger partial charge in [-0.15, -0.1) is 0 Å². The van der Waals surface area contributed by atoms with E-state index in [1.165, 1.54) is 0 Å². The first-order valence-corrected chi connectivity index (χ1v) is 21.1. The predicted octanol–water partition coefficient (Wildman–Crippen LogP) is 16.0. The fourth-order valence-corrected chi connectivity index (χ4v) is 9.65. The van der Waals surface area contributed by atoms with Gasteiger partial charge in [-0.3, -0.25) is 0 Å². The summed E-state index contributed by atoms with van der Waals surface area (Å²) in [6.07, 6.45) is 0. The minimum Gasteiger partial charge on any atom is -0.309 e. The summed E-state index contributed by atoms with van der Waals surface area (Å²) in [4.78, 5) is 0. The Bertz CT molecular complexity index is 4310. The van der Waals surface area contributed by atoms with E-state index >= 15 is 0 Å². The molecule has 3 aromatic heterocycles. The van der Waals surface area contributed by atoms with Crippen LogP contribution in [0.5, 0.6) is 0 Å². The molecule has 0 unspecified atom stereocenters. The summed E-state index contributed by atoms with van der Waals surface area (Å²) >= 11 is 0. The Morgan fingerprint density at radius 2 is 0.889 bits per heavy atom. The van der Waals surface area contributed by atoms with Gasteiger partial charge in [0.05, 0.1) is 48.4 Å². The molecule has 0 radical (unpaired) electrons. The topological polar surface area (TPSA) is 14.8 Å². The van der Waals surface area contributed by atoms with Crippen molar-refractivity contribution >= 4 is 65.4 Å². The van der Waals surface area contributed by atoms with Crippen LogP contribution in [0.15, 0.2) is 236 Å². The molecule has 3 heterocycles. The van der Waals surface area contributed by atoms with E-state index in [2.05, 4.69) is 88.0 Å². The standard InChI is InChI=1S/C60H39N3/c1-4-16-40(17-5-1)44-28-32-50-52-37-43(29-33-57(52)61(60(50)38-44)45-20-8-3-9-21-45)42-30-34-58-51(36-42)48-23-11-14-26-55(48)62(58)46-31-35-59-53(39-46)49-24-12-15-27-56(49)63(59)54-25-13-10-22-47(54)41-18-6-2-7-19-41/h1-39H/i11D,14D,23D,26D,30D,34D,36D. The number of aromatic nitrogens is 3. The summed E-state index contributed by atoms with van der Waals surface area (Å²) in [5.41, 5.74) is 11.8. The minimum atomic E-state index is -0.431.